The molecule has 0 unspecified atom stereocenters. The fourth-order valence-corrected chi connectivity index (χ4v) is 3.33. The van der Waals surface area contributed by atoms with Crippen LogP contribution in [0.25, 0.3) is 0 Å². The van der Waals surface area contributed by atoms with Crippen molar-refractivity contribution in [1.29, 1.82) is 0 Å². The molecule has 0 N–H and O–H groups in total. The summed E-state index contributed by atoms with van der Waals surface area (Å²) in [5.74, 6) is 0.963. The van der Waals surface area contributed by atoms with E-state index < -0.39 is 0 Å². The molecule has 0 aliphatic carbocycles. The van der Waals surface area contributed by atoms with Crippen LogP contribution in [-0.2, 0) is 17.6 Å². The van der Waals surface area contributed by atoms with Gasteiger partial charge in [0, 0.05) is 29.5 Å². The van der Waals surface area contributed by atoms with Crippen molar-refractivity contribution in [3.8, 4) is 5.75 Å². The predicted molar refractivity (Wildman–Crippen MR) is 111 cm³/mol. The second-order valence-electron chi connectivity index (χ2n) is 6.39. The summed E-state index contributed by atoms with van der Waals surface area (Å²) in [6.45, 7) is 6.43. The zero-order valence-corrected chi connectivity index (χ0v) is 17.3. The van der Waals surface area contributed by atoms with Crippen LogP contribution in [0, 0.1) is 0 Å². The van der Waals surface area contributed by atoms with Crippen molar-refractivity contribution in [2.24, 2.45) is 0 Å². The van der Waals surface area contributed by atoms with Gasteiger partial charge in [-0.05, 0) is 36.6 Å². The maximum Gasteiger partial charge on any atom is 0.227 e. The largest absolute Gasteiger partial charge is 0.493 e. The van der Waals surface area contributed by atoms with E-state index in [1.54, 1.807) is 0 Å². The summed E-state index contributed by atoms with van der Waals surface area (Å²) in [5.41, 5.74) is 2.19. The summed E-state index contributed by atoms with van der Waals surface area (Å²) >= 11 is 3.51. The molecule has 0 spiro atoms. The first-order valence-corrected chi connectivity index (χ1v) is 10.2. The summed E-state index contributed by atoms with van der Waals surface area (Å²) in [6, 6.07) is 16.2. The fraction of sp³-hybridized carbons (Fsp3) is 0.409. The lowest BCUT2D eigenvalue weighted by Crippen LogP contribution is -2.33. The maximum atomic E-state index is 12.7. The Morgan fingerprint density at radius 1 is 1.04 bits per heavy atom. The Hall–Kier alpha value is -1.81. The highest BCUT2D eigenvalue weighted by atomic mass is 79.9. The van der Waals surface area contributed by atoms with Gasteiger partial charge in [0.1, 0.15) is 5.75 Å². The minimum Gasteiger partial charge on any atom is -0.493 e. The van der Waals surface area contributed by atoms with Crippen LogP contribution in [0.4, 0.5) is 0 Å². The van der Waals surface area contributed by atoms with Gasteiger partial charge in [0.25, 0.3) is 0 Å². The van der Waals surface area contributed by atoms with Gasteiger partial charge in [0.05, 0.1) is 13.0 Å². The zero-order valence-electron chi connectivity index (χ0n) is 15.7. The number of hydrogen-bond acceptors (Lipinski definition) is 2. The highest BCUT2D eigenvalue weighted by Gasteiger charge is 2.15. The third kappa shape index (κ3) is 6.49. The predicted octanol–water partition coefficient (Wildman–Crippen LogP) is 5.26. The van der Waals surface area contributed by atoms with E-state index >= 15 is 0 Å². The zero-order chi connectivity index (χ0) is 18.8. The van der Waals surface area contributed by atoms with Crippen molar-refractivity contribution in [3.63, 3.8) is 0 Å². The fourth-order valence-electron chi connectivity index (χ4n) is 2.93. The minimum atomic E-state index is 0.166. The van der Waals surface area contributed by atoms with Gasteiger partial charge in [0.15, 0.2) is 0 Å². The molecule has 3 nitrogen and oxygen atoms in total. The van der Waals surface area contributed by atoms with E-state index in [4.69, 9.17) is 4.74 Å². The number of hydrogen-bond donors (Lipinski definition) is 0. The first-order valence-electron chi connectivity index (χ1n) is 9.37. The summed E-state index contributed by atoms with van der Waals surface area (Å²) in [4.78, 5) is 14.7. The van der Waals surface area contributed by atoms with Gasteiger partial charge in [-0.2, -0.15) is 0 Å². The molecule has 4 heteroatoms. The molecule has 0 aliphatic rings. The monoisotopic (exact) mass is 417 g/mol. The Bertz CT molecular complexity index is 682. The Labute approximate surface area is 165 Å². The van der Waals surface area contributed by atoms with Gasteiger partial charge in [-0.3, -0.25) is 4.79 Å². The van der Waals surface area contributed by atoms with Gasteiger partial charge in [-0.1, -0.05) is 60.1 Å². The van der Waals surface area contributed by atoms with Crippen LogP contribution in [-0.4, -0.2) is 30.5 Å². The Morgan fingerprint density at radius 2 is 1.73 bits per heavy atom. The molecule has 0 aliphatic heterocycles. The van der Waals surface area contributed by atoms with Crippen molar-refractivity contribution in [3.05, 3.63) is 64.1 Å². The SMILES string of the molecule is CCCN(CCC)C(=O)Cc1cc(Br)ccc1OCCc1ccccc1. The second kappa shape index (κ2) is 11.0. The first kappa shape index (κ1) is 20.5. The molecule has 2 rings (SSSR count). The Balaban J connectivity index is 2.02. The van der Waals surface area contributed by atoms with E-state index in [0.29, 0.717) is 13.0 Å². The van der Waals surface area contributed by atoms with Crippen LogP contribution < -0.4 is 4.74 Å². The molecule has 1 amide bonds. The molecule has 0 atom stereocenters. The van der Waals surface area contributed by atoms with Gasteiger partial charge in [-0.25, -0.2) is 0 Å². The molecule has 0 fully saturated rings. The lowest BCUT2D eigenvalue weighted by molar-refractivity contribution is -0.130. The highest BCUT2D eigenvalue weighted by molar-refractivity contribution is 9.10. The quantitative estimate of drug-likeness (QED) is 0.527. The number of ether oxygens (including phenoxy) is 1. The number of carbonyl (C=O) groups is 1. The average molecular weight is 418 g/mol. The normalized spacial score (nSPS) is 10.6. The molecule has 26 heavy (non-hydrogen) atoms. The van der Waals surface area contributed by atoms with Crippen LogP contribution in [0.1, 0.15) is 37.8 Å². The van der Waals surface area contributed by atoms with Gasteiger partial charge >= 0.3 is 0 Å². The molecule has 0 bridgehead atoms. The van der Waals surface area contributed by atoms with E-state index in [0.717, 1.165) is 48.1 Å². The molecule has 2 aromatic rings. The molecule has 140 valence electrons. The van der Waals surface area contributed by atoms with Crippen molar-refractivity contribution in [1.82, 2.24) is 4.90 Å². The number of nitrogens with zero attached hydrogens (tertiary/aromatic N) is 1. The molecular formula is C22H28BrNO2. The lowest BCUT2D eigenvalue weighted by Gasteiger charge is -2.22. The minimum absolute atomic E-state index is 0.166. The van der Waals surface area contributed by atoms with Crippen LogP contribution in [0.5, 0.6) is 5.75 Å². The topological polar surface area (TPSA) is 29.5 Å². The Morgan fingerprint density at radius 3 is 2.38 bits per heavy atom. The Kier molecular flexibility index (Phi) is 8.69. The smallest absolute Gasteiger partial charge is 0.227 e. The molecule has 0 aromatic heterocycles. The summed E-state index contributed by atoms with van der Waals surface area (Å²) in [5, 5.41) is 0. The van der Waals surface area contributed by atoms with E-state index in [9.17, 15) is 4.79 Å². The van der Waals surface area contributed by atoms with Gasteiger partial charge in [0.2, 0.25) is 5.91 Å². The van der Waals surface area contributed by atoms with Crippen molar-refractivity contribution < 1.29 is 9.53 Å². The van der Waals surface area contributed by atoms with Crippen LogP contribution in [0.2, 0.25) is 0 Å². The van der Waals surface area contributed by atoms with Gasteiger partial charge < -0.3 is 9.64 Å². The van der Waals surface area contributed by atoms with E-state index in [1.165, 1.54) is 5.56 Å². The van der Waals surface area contributed by atoms with Crippen molar-refractivity contribution in [2.45, 2.75) is 39.5 Å². The highest BCUT2D eigenvalue weighted by Crippen LogP contribution is 2.24. The summed E-state index contributed by atoms with van der Waals surface area (Å²) < 4.78 is 6.97. The first-order chi connectivity index (χ1) is 12.6. The van der Waals surface area contributed by atoms with Crippen molar-refractivity contribution in [2.75, 3.05) is 19.7 Å². The number of rotatable bonds is 10. The van der Waals surface area contributed by atoms with E-state index in [2.05, 4.69) is 41.9 Å². The van der Waals surface area contributed by atoms with E-state index in [1.807, 2.05) is 41.3 Å². The molecule has 2 aromatic carbocycles. The lowest BCUT2D eigenvalue weighted by atomic mass is 10.1. The molecule has 0 heterocycles. The van der Waals surface area contributed by atoms with Crippen LogP contribution in [0.15, 0.2) is 53.0 Å². The van der Waals surface area contributed by atoms with Crippen LogP contribution in [0.3, 0.4) is 0 Å². The third-order valence-corrected chi connectivity index (χ3v) is 4.69. The molecule has 0 saturated carbocycles. The number of halogens is 1. The number of carbonyl (C=O) groups excluding carboxylic acids is 1. The van der Waals surface area contributed by atoms with Crippen LogP contribution >= 0.6 is 15.9 Å². The van der Waals surface area contributed by atoms with Gasteiger partial charge in [-0.15, -0.1) is 0 Å². The maximum absolute atomic E-state index is 12.7. The second-order valence-corrected chi connectivity index (χ2v) is 7.31. The number of amides is 1. The van der Waals surface area contributed by atoms with E-state index in [-0.39, 0.29) is 5.91 Å². The average Bonchev–Trinajstić information content (AvgIpc) is 2.64. The van der Waals surface area contributed by atoms with Crippen molar-refractivity contribution >= 4 is 21.8 Å². The number of benzene rings is 2. The standard InChI is InChI=1S/C22H28BrNO2/c1-3-13-24(14-4-2)22(25)17-19-16-20(23)10-11-21(19)26-15-12-18-8-6-5-7-9-18/h5-11,16H,3-4,12-15,17H2,1-2H3. The summed E-state index contributed by atoms with van der Waals surface area (Å²) in [7, 11) is 0. The summed E-state index contributed by atoms with van der Waals surface area (Å²) in [6.07, 6.45) is 3.18. The molecule has 0 radical (unpaired) electrons. The molecule has 0 saturated heterocycles. The third-order valence-electron chi connectivity index (χ3n) is 4.20. The molecular weight excluding hydrogens is 390 g/mol.